The Balaban J connectivity index is 1.33. The summed E-state index contributed by atoms with van der Waals surface area (Å²) in [6.45, 7) is 6.66. The molecular formula is C21H26N4O. The molecule has 0 amide bonds. The highest BCUT2D eigenvalue weighted by Crippen LogP contribution is 2.42. The third-order valence-electron chi connectivity index (χ3n) is 6.45. The van der Waals surface area contributed by atoms with E-state index in [1.807, 2.05) is 6.26 Å². The van der Waals surface area contributed by atoms with Crippen LogP contribution in [-0.4, -0.2) is 36.4 Å². The second-order valence-electron chi connectivity index (χ2n) is 8.04. The number of nitrogens with zero attached hydrogens (tertiary/aromatic N) is 3. The Bertz CT molecular complexity index is 890. The summed E-state index contributed by atoms with van der Waals surface area (Å²) in [7, 11) is 0. The third-order valence-corrected chi connectivity index (χ3v) is 6.45. The second-order valence-corrected chi connectivity index (χ2v) is 8.04. The number of piperidine rings is 2. The first-order valence-electron chi connectivity index (χ1n) is 9.69. The summed E-state index contributed by atoms with van der Waals surface area (Å²) in [4.78, 5) is 5.05. The van der Waals surface area contributed by atoms with Gasteiger partial charge in [0.15, 0.2) is 0 Å². The number of rotatable bonds is 2. The first-order chi connectivity index (χ1) is 12.7. The van der Waals surface area contributed by atoms with Gasteiger partial charge >= 0.3 is 0 Å². The first-order valence-corrected chi connectivity index (χ1v) is 9.69. The molecule has 1 N–H and O–H groups in total. The average Bonchev–Trinajstić information content (AvgIpc) is 3.33. The van der Waals surface area contributed by atoms with Crippen LogP contribution in [0.4, 0.5) is 11.4 Å². The molecule has 2 aromatic heterocycles. The van der Waals surface area contributed by atoms with Crippen molar-refractivity contribution in [1.82, 2.24) is 10.2 Å². The minimum Gasteiger partial charge on any atom is -0.470 e. The molecule has 2 aliphatic heterocycles. The van der Waals surface area contributed by atoms with E-state index in [0.717, 1.165) is 30.8 Å². The van der Waals surface area contributed by atoms with Crippen LogP contribution in [0.5, 0.6) is 0 Å². The van der Waals surface area contributed by atoms with Crippen molar-refractivity contribution in [3.05, 3.63) is 42.5 Å². The number of aryl methyl sites for hydroxylation is 1. The molecule has 136 valence electrons. The topological polar surface area (TPSA) is 48.3 Å². The third kappa shape index (κ3) is 2.66. The maximum absolute atomic E-state index is 5.26. The van der Waals surface area contributed by atoms with Crippen molar-refractivity contribution < 1.29 is 4.42 Å². The van der Waals surface area contributed by atoms with Crippen LogP contribution in [0.25, 0.3) is 10.9 Å². The first kappa shape index (κ1) is 15.8. The van der Waals surface area contributed by atoms with Gasteiger partial charge in [0.2, 0.25) is 0 Å². The number of H-pyrrole nitrogens is 1. The number of hydrogen-bond acceptors (Lipinski definition) is 4. The van der Waals surface area contributed by atoms with E-state index >= 15 is 0 Å². The predicted octanol–water partition coefficient (Wildman–Crippen LogP) is 4.35. The standard InChI is InChI=1S/C21H26N4O/c1-16-19-4-3-17(13-20(19)23-22-16)25-9-2-6-21(15-25)7-10-24(11-8-21)18-5-12-26-14-18/h3-5,12-14H,2,6-11,15H2,1H3,(H,22,23). The summed E-state index contributed by atoms with van der Waals surface area (Å²) in [6.07, 6.45) is 8.80. The molecule has 0 unspecified atom stereocenters. The van der Waals surface area contributed by atoms with Crippen molar-refractivity contribution in [2.24, 2.45) is 5.41 Å². The van der Waals surface area contributed by atoms with Gasteiger partial charge in [0, 0.05) is 42.9 Å². The highest BCUT2D eigenvalue weighted by molar-refractivity contribution is 5.84. The van der Waals surface area contributed by atoms with Gasteiger partial charge in [-0.3, -0.25) is 5.10 Å². The van der Waals surface area contributed by atoms with E-state index in [4.69, 9.17) is 4.42 Å². The number of benzene rings is 1. The number of nitrogens with one attached hydrogen (secondary N) is 1. The van der Waals surface area contributed by atoms with Crippen LogP contribution in [0.3, 0.4) is 0 Å². The van der Waals surface area contributed by atoms with Crippen molar-refractivity contribution in [3.8, 4) is 0 Å². The Labute approximate surface area is 154 Å². The molecule has 2 saturated heterocycles. The van der Waals surface area contributed by atoms with E-state index in [1.54, 1.807) is 6.26 Å². The normalized spacial score (nSPS) is 20.2. The Morgan fingerprint density at radius 2 is 1.92 bits per heavy atom. The lowest BCUT2D eigenvalue weighted by atomic mass is 9.72. The van der Waals surface area contributed by atoms with Crippen LogP contribution in [0.15, 0.2) is 41.2 Å². The van der Waals surface area contributed by atoms with Crippen LogP contribution < -0.4 is 9.80 Å². The molecule has 5 heteroatoms. The average molecular weight is 350 g/mol. The van der Waals surface area contributed by atoms with Gasteiger partial charge in [-0.15, -0.1) is 0 Å². The number of aromatic amines is 1. The lowest BCUT2D eigenvalue weighted by molar-refractivity contribution is 0.179. The molecule has 4 heterocycles. The summed E-state index contributed by atoms with van der Waals surface area (Å²) in [5, 5.41) is 8.78. The van der Waals surface area contributed by atoms with Crippen molar-refractivity contribution in [2.45, 2.75) is 32.6 Å². The minimum atomic E-state index is 0.453. The van der Waals surface area contributed by atoms with Gasteiger partial charge in [-0.05, 0) is 62.3 Å². The zero-order valence-corrected chi connectivity index (χ0v) is 15.4. The molecule has 3 aromatic rings. The molecule has 0 atom stereocenters. The molecule has 2 fully saturated rings. The van der Waals surface area contributed by atoms with Gasteiger partial charge in [-0.1, -0.05) is 0 Å². The quantitative estimate of drug-likeness (QED) is 0.746. The van der Waals surface area contributed by atoms with E-state index < -0.39 is 0 Å². The predicted molar refractivity (Wildman–Crippen MR) is 105 cm³/mol. The second kappa shape index (κ2) is 6.08. The van der Waals surface area contributed by atoms with Crippen molar-refractivity contribution in [3.63, 3.8) is 0 Å². The van der Waals surface area contributed by atoms with Crippen LogP contribution in [0.1, 0.15) is 31.4 Å². The molecule has 0 bridgehead atoms. The van der Waals surface area contributed by atoms with Gasteiger partial charge < -0.3 is 14.2 Å². The minimum absolute atomic E-state index is 0.453. The summed E-state index contributed by atoms with van der Waals surface area (Å²) >= 11 is 0. The molecule has 1 aromatic carbocycles. The largest absolute Gasteiger partial charge is 0.470 e. The molecule has 0 saturated carbocycles. The lowest BCUT2D eigenvalue weighted by Crippen LogP contribution is -2.49. The van der Waals surface area contributed by atoms with Crippen LogP contribution in [-0.2, 0) is 0 Å². The highest BCUT2D eigenvalue weighted by atomic mass is 16.3. The Kier molecular flexibility index (Phi) is 3.69. The molecule has 0 radical (unpaired) electrons. The molecule has 1 spiro atoms. The maximum atomic E-state index is 5.26. The number of fused-ring (bicyclic) bond motifs is 1. The Hall–Kier alpha value is -2.43. The van der Waals surface area contributed by atoms with Crippen LogP contribution >= 0.6 is 0 Å². The fourth-order valence-electron chi connectivity index (χ4n) is 4.84. The van der Waals surface area contributed by atoms with E-state index in [1.165, 1.54) is 49.0 Å². The fraction of sp³-hybridized carbons (Fsp3) is 0.476. The van der Waals surface area contributed by atoms with Crippen LogP contribution in [0, 0.1) is 12.3 Å². The summed E-state index contributed by atoms with van der Waals surface area (Å²) in [6, 6.07) is 8.81. The van der Waals surface area contributed by atoms with Gasteiger partial charge in [0.05, 0.1) is 17.5 Å². The number of aromatic nitrogens is 2. The van der Waals surface area contributed by atoms with Gasteiger partial charge in [-0.25, -0.2) is 0 Å². The summed E-state index contributed by atoms with van der Waals surface area (Å²) in [5.74, 6) is 0. The van der Waals surface area contributed by atoms with Crippen molar-refractivity contribution in [2.75, 3.05) is 36.0 Å². The molecule has 5 nitrogen and oxygen atoms in total. The van der Waals surface area contributed by atoms with Crippen molar-refractivity contribution in [1.29, 1.82) is 0 Å². The molecule has 2 aliphatic rings. The number of anilines is 2. The van der Waals surface area contributed by atoms with Gasteiger partial charge in [0.25, 0.3) is 0 Å². The van der Waals surface area contributed by atoms with Gasteiger partial charge in [-0.2, -0.15) is 5.10 Å². The van der Waals surface area contributed by atoms with Crippen LogP contribution in [0.2, 0.25) is 0 Å². The SMILES string of the molecule is Cc1[nH]nc2cc(N3CCCC4(CCN(c5ccoc5)CC4)C3)ccc12. The highest BCUT2D eigenvalue weighted by Gasteiger charge is 2.38. The Morgan fingerprint density at radius 1 is 1.04 bits per heavy atom. The van der Waals surface area contributed by atoms with E-state index in [0.29, 0.717) is 5.41 Å². The zero-order valence-electron chi connectivity index (χ0n) is 15.4. The Morgan fingerprint density at radius 3 is 2.73 bits per heavy atom. The van der Waals surface area contributed by atoms with Gasteiger partial charge in [0.1, 0.15) is 6.26 Å². The zero-order chi connectivity index (χ0) is 17.6. The van der Waals surface area contributed by atoms with E-state index in [-0.39, 0.29) is 0 Å². The monoisotopic (exact) mass is 350 g/mol. The maximum Gasteiger partial charge on any atom is 0.114 e. The molecular weight excluding hydrogens is 324 g/mol. The summed E-state index contributed by atoms with van der Waals surface area (Å²) < 4.78 is 5.26. The summed E-state index contributed by atoms with van der Waals surface area (Å²) in [5.41, 5.74) is 5.23. The number of hydrogen-bond donors (Lipinski definition) is 1. The lowest BCUT2D eigenvalue weighted by Gasteiger charge is -2.48. The molecule has 0 aliphatic carbocycles. The fourth-order valence-corrected chi connectivity index (χ4v) is 4.84. The van der Waals surface area contributed by atoms with E-state index in [9.17, 15) is 0 Å². The number of furan rings is 1. The molecule has 26 heavy (non-hydrogen) atoms. The molecule has 5 rings (SSSR count). The smallest absolute Gasteiger partial charge is 0.114 e. The van der Waals surface area contributed by atoms with Crippen molar-refractivity contribution >= 4 is 22.3 Å². The van der Waals surface area contributed by atoms with E-state index in [2.05, 4.69) is 51.2 Å².